The van der Waals surface area contributed by atoms with Crippen LogP contribution in [0.5, 0.6) is 0 Å². The zero-order valence-electron chi connectivity index (χ0n) is 11.7. The Hall–Kier alpha value is -1.20. The van der Waals surface area contributed by atoms with Gasteiger partial charge in [0.05, 0.1) is 10.2 Å². The van der Waals surface area contributed by atoms with E-state index in [1.165, 1.54) is 9.58 Å². The van der Waals surface area contributed by atoms with E-state index in [-0.39, 0.29) is 5.41 Å². The van der Waals surface area contributed by atoms with Gasteiger partial charge in [-0.05, 0) is 11.5 Å². The first-order chi connectivity index (χ1) is 9.05. The van der Waals surface area contributed by atoms with Crippen LogP contribution in [0.2, 0.25) is 0 Å². The fraction of sp³-hybridized carbons (Fsp3) is 0.571. The Labute approximate surface area is 117 Å². The first-order valence-corrected chi connectivity index (χ1v) is 7.58. The van der Waals surface area contributed by atoms with Gasteiger partial charge in [-0.3, -0.25) is 0 Å². The van der Waals surface area contributed by atoms with Gasteiger partial charge in [-0.2, -0.15) is 0 Å². The molecular weight excluding hydrogens is 256 g/mol. The average Bonchev–Trinajstić information content (AvgIpc) is 2.83. The van der Waals surface area contributed by atoms with Crippen molar-refractivity contribution in [1.82, 2.24) is 15.3 Å². The number of fused-ring (bicyclic) bond motifs is 1. The molecule has 3 rings (SSSR count). The lowest BCUT2D eigenvalue weighted by molar-refractivity contribution is 0.586. The Morgan fingerprint density at radius 1 is 1.21 bits per heavy atom. The van der Waals surface area contributed by atoms with Crippen molar-refractivity contribution in [2.45, 2.75) is 26.2 Å². The molecule has 0 aromatic carbocycles. The standard InChI is InChI=1S/C14H20N4S/c1-14(2,3)11-8-10-12(19-11)13(17-9-16-10)18-6-4-15-5-7-18/h8-9,15H,4-7H2,1-3H3. The fourth-order valence-electron chi connectivity index (χ4n) is 2.31. The fourth-order valence-corrected chi connectivity index (χ4v) is 3.50. The molecule has 1 fully saturated rings. The van der Waals surface area contributed by atoms with Crippen LogP contribution in [0.4, 0.5) is 5.82 Å². The molecule has 19 heavy (non-hydrogen) atoms. The number of hydrogen-bond acceptors (Lipinski definition) is 5. The third kappa shape index (κ3) is 2.44. The highest BCUT2D eigenvalue weighted by Crippen LogP contribution is 2.37. The lowest BCUT2D eigenvalue weighted by Crippen LogP contribution is -2.43. The van der Waals surface area contributed by atoms with Gasteiger partial charge in [0, 0.05) is 31.1 Å². The van der Waals surface area contributed by atoms with E-state index in [0.29, 0.717) is 0 Å². The number of nitrogens with zero attached hydrogens (tertiary/aromatic N) is 3. The monoisotopic (exact) mass is 276 g/mol. The number of piperazine rings is 1. The van der Waals surface area contributed by atoms with E-state index >= 15 is 0 Å². The van der Waals surface area contributed by atoms with Crippen molar-refractivity contribution in [1.29, 1.82) is 0 Å². The van der Waals surface area contributed by atoms with Crippen molar-refractivity contribution in [3.05, 3.63) is 17.3 Å². The Morgan fingerprint density at radius 2 is 1.95 bits per heavy atom. The summed E-state index contributed by atoms with van der Waals surface area (Å²) < 4.78 is 1.23. The number of rotatable bonds is 1. The summed E-state index contributed by atoms with van der Waals surface area (Å²) in [5.74, 6) is 1.10. The molecule has 3 heterocycles. The van der Waals surface area contributed by atoms with Crippen LogP contribution in [-0.4, -0.2) is 36.1 Å². The molecule has 1 aliphatic rings. The molecule has 1 aliphatic heterocycles. The molecule has 0 amide bonds. The van der Waals surface area contributed by atoms with Crippen molar-refractivity contribution < 1.29 is 0 Å². The van der Waals surface area contributed by atoms with Gasteiger partial charge in [0.15, 0.2) is 0 Å². The van der Waals surface area contributed by atoms with Gasteiger partial charge in [-0.25, -0.2) is 9.97 Å². The van der Waals surface area contributed by atoms with Gasteiger partial charge < -0.3 is 10.2 Å². The Balaban J connectivity index is 2.07. The topological polar surface area (TPSA) is 41.1 Å². The lowest BCUT2D eigenvalue weighted by atomic mass is 9.95. The zero-order valence-corrected chi connectivity index (χ0v) is 12.5. The molecule has 0 atom stereocenters. The highest BCUT2D eigenvalue weighted by Gasteiger charge is 2.21. The average molecular weight is 276 g/mol. The predicted molar refractivity (Wildman–Crippen MR) is 81.2 cm³/mol. The van der Waals surface area contributed by atoms with E-state index in [4.69, 9.17) is 0 Å². The molecule has 0 spiro atoms. The molecule has 5 heteroatoms. The summed E-state index contributed by atoms with van der Waals surface area (Å²) in [4.78, 5) is 12.7. The van der Waals surface area contributed by atoms with Crippen LogP contribution in [0.25, 0.3) is 10.2 Å². The molecule has 0 unspecified atom stereocenters. The second-order valence-electron chi connectivity index (χ2n) is 6.01. The second-order valence-corrected chi connectivity index (χ2v) is 7.06. The van der Waals surface area contributed by atoms with E-state index in [2.05, 4.69) is 47.0 Å². The third-order valence-corrected chi connectivity index (χ3v) is 4.99. The molecular formula is C14H20N4S. The normalized spacial score (nSPS) is 17.1. The van der Waals surface area contributed by atoms with Crippen molar-refractivity contribution in [2.24, 2.45) is 0 Å². The number of nitrogens with one attached hydrogen (secondary N) is 1. The molecule has 102 valence electrons. The van der Waals surface area contributed by atoms with Crippen molar-refractivity contribution in [3.63, 3.8) is 0 Å². The van der Waals surface area contributed by atoms with E-state index in [0.717, 1.165) is 37.5 Å². The summed E-state index contributed by atoms with van der Waals surface area (Å²) >= 11 is 1.84. The summed E-state index contributed by atoms with van der Waals surface area (Å²) in [6.07, 6.45) is 1.69. The van der Waals surface area contributed by atoms with Crippen LogP contribution in [-0.2, 0) is 5.41 Å². The predicted octanol–water partition coefficient (Wildman–Crippen LogP) is 2.40. The Morgan fingerprint density at radius 3 is 2.63 bits per heavy atom. The molecule has 4 nitrogen and oxygen atoms in total. The van der Waals surface area contributed by atoms with Crippen LogP contribution in [0, 0.1) is 0 Å². The highest BCUT2D eigenvalue weighted by molar-refractivity contribution is 7.19. The minimum absolute atomic E-state index is 0.173. The van der Waals surface area contributed by atoms with E-state index in [1.807, 2.05) is 11.3 Å². The van der Waals surface area contributed by atoms with Gasteiger partial charge in [0.25, 0.3) is 0 Å². The van der Waals surface area contributed by atoms with Crippen LogP contribution in [0.15, 0.2) is 12.4 Å². The van der Waals surface area contributed by atoms with Crippen molar-refractivity contribution >= 4 is 27.4 Å². The van der Waals surface area contributed by atoms with Crippen LogP contribution >= 0.6 is 11.3 Å². The van der Waals surface area contributed by atoms with Gasteiger partial charge in [0.2, 0.25) is 0 Å². The first kappa shape index (κ1) is 12.8. The number of aromatic nitrogens is 2. The molecule has 2 aromatic rings. The molecule has 0 saturated carbocycles. The molecule has 1 saturated heterocycles. The van der Waals surface area contributed by atoms with E-state index < -0.39 is 0 Å². The van der Waals surface area contributed by atoms with Gasteiger partial charge in [-0.15, -0.1) is 11.3 Å². The van der Waals surface area contributed by atoms with Crippen LogP contribution in [0.1, 0.15) is 25.6 Å². The van der Waals surface area contributed by atoms with Gasteiger partial charge in [0.1, 0.15) is 12.1 Å². The summed E-state index contributed by atoms with van der Waals surface area (Å²) in [5.41, 5.74) is 1.25. The number of anilines is 1. The largest absolute Gasteiger partial charge is 0.353 e. The highest BCUT2D eigenvalue weighted by atomic mass is 32.1. The molecule has 0 bridgehead atoms. The summed E-state index contributed by atoms with van der Waals surface area (Å²) in [6.45, 7) is 10.8. The maximum absolute atomic E-state index is 4.52. The maximum Gasteiger partial charge on any atom is 0.150 e. The SMILES string of the molecule is CC(C)(C)c1cc2ncnc(N3CCNCC3)c2s1. The Kier molecular flexibility index (Phi) is 3.19. The lowest BCUT2D eigenvalue weighted by Gasteiger charge is -2.28. The van der Waals surface area contributed by atoms with E-state index in [9.17, 15) is 0 Å². The zero-order chi connectivity index (χ0) is 13.5. The van der Waals surface area contributed by atoms with Crippen LogP contribution in [0.3, 0.4) is 0 Å². The maximum atomic E-state index is 4.52. The van der Waals surface area contributed by atoms with Gasteiger partial charge in [-0.1, -0.05) is 20.8 Å². The van der Waals surface area contributed by atoms with Crippen LogP contribution < -0.4 is 10.2 Å². The third-order valence-electron chi connectivity index (χ3n) is 3.45. The number of hydrogen-bond donors (Lipinski definition) is 1. The van der Waals surface area contributed by atoms with Gasteiger partial charge >= 0.3 is 0 Å². The minimum atomic E-state index is 0.173. The molecule has 0 aliphatic carbocycles. The number of thiophene rings is 1. The minimum Gasteiger partial charge on any atom is -0.353 e. The quantitative estimate of drug-likeness (QED) is 0.868. The second kappa shape index (κ2) is 4.72. The summed E-state index contributed by atoms with van der Waals surface area (Å²) in [6, 6.07) is 2.22. The molecule has 0 radical (unpaired) electrons. The smallest absolute Gasteiger partial charge is 0.150 e. The van der Waals surface area contributed by atoms with Crippen molar-refractivity contribution in [2.75, 3.05) is 31.1 Å². The Bertz CT molecular complexity index is 579. The first-order valence-electron chi connectivity index (χ1n) is 6.76. The van der Waals surface area contributed by atoms with E-state index in [1.54, 1.807) is 6.33 Å². The van der Waals surface area contributed by atoms with Crippen molar-refractivity contribution in [3.8, 4) is 0 Å². The molecule has 2 aromatic heterocycles. The summed E-state index contributed by atoms with van der Waals surface area (Å²) in [7, 11) is 0. The summed E-state index contributed by atoms with van der Waals surface area (Å²) in [5, 5.41) is 3.38. The molecule has 1 N–H and O–H groups in total.